The molecule has 0 fully saturated rings. The minimum atomic E-state index is -0.0834. The van der Waals surface area contributed by atoms with Gasteiger partial charge >= 0.3 is 0 Å². The van der Waals surface area contributed by atoms with E-state index in [0.29, 0.717) is 5.75 Å². The first kappa shape index (κ1) is 14.0. The largest absolute Gasteiger partial charge is 0.484 e. The Bertz CT molecular complexity index is 393. The third-order valence-corrected chi connectivity index (χ3v) is 3.41. The fourth-order valence-electron chi connectivity index (χ4n) is 1.27. The maximum absolute atomic E-state index is 11.5. The van der Waals surface area contributed by atoms with Gasteiger partial charge in [-0.25, -0.2) is 0 Å². The molecule has 1 atom stereocenters. The lowest BCUT2D eigenvalue weighted by Crippen LogP contribution is -2.35. The van der Waals surface area contributed by atoms with Crippen LogP contribution in [-0.4, -0.2) is 18.6 Å². The summed E-state index contributed by atoms with van der Waals surface area (Å²) >= 11 is 3.42. The normalized spacial score (nSPS) is 12.0. The molecule has 0 saturated carbocycles. The molecule has 0 aromatic heterocycles. The number of rotatable bonds is 5. The number of benzene rings is 1. The summed E-state index contributed by atoms with van der Waals surface area (Å²) in [5, 5.41) is 2.85. The highest BCUT2D eigenvalue weighted by molar-refractivity contribution is 9.10. The average molecular weight is 300 g/mol. The van der Waals surface area contributed by atoms with Gasteiger partial charge < -0.3 is 10.1 Å². The predicted molar refractivity (Wildman–Crippen MR) is 72.3 cm³/mol. The van der Waals surface area contributed by atoms with Crippen molar-refractivity contribution in [3.05, 3.63) is 28.2 Å². The van der Waals surface area contributed by atoms with Crippen LogP contribution in [0.5, 0.6) is 5.75 Å². The number of carbonyl (C=O) groups excluding carboxylic acids is 1. The summed E-state index contributed by atoms with van der Waals surface area (Å²) in [7, 11) is 0. The van der Waals surface area contributed by atoms with Crippen LogP contribution >= 0.6 is 15.9 Å². The third kappa shape index (κ3) is 4.77. The number of ether oxygens (including phenoxy) is 1. The van der Waals surface area contributed by atoms with Crippen LogP contribution in [0.3, 0.4) is 0 Å². The first-order valence-electron chi connectivity index (χ1n) is 5.71. The highest BCUT2D eigenvalue weighted by Gasteiger charge is 2.06. The smallest absolute Gasteiger partial charge is 0.258 e. The maximum atomic E-state index is 11.5. The first-order valence-corrected chi connectivity index (χ1v) is 6.50. The number of aryl methyl sites for hydroxylation is 1. The number of halogens is 1. The molecule has 0 heterocycles. The van der Waals surface area contributed by atoms with Gasteiger partial charge in [0.1, 0.15) is 5.75 Å². The van der Waals surface area contributed by atoms with Crippen molar-refractivity contribution in [2.45, 2.75) is 33.2 Å². The molecule has 1 rings (SSSR count). The van der Waals surface area contributed by atoms with E-state index in [2.05, 4.69) is 21.2 Å². The number of amides is 1. The van der Waals surface area contributed by atoms with Gasteiger partial charge in [0.2, 0.25) is 0 Å². The zero-order valence-electron chi connectivity index (χ0n) is 10.4. The molecule has 0 bridgehead atoms. The standard InChI is InChI=1S/C13H18BrNO2/c1-4-10(3)15-13(16)8-17-11-5-6-12(14)9(2)7-11/h5-7,10H,4,8H2,1-3H3,(H,15,16)/t10-/m0/s1. The van der Waals surface area contributed by atoms with Crippen LogP contribution in [0.1, 0.15) is 25.8 Å². The summed E-state index contributed by atoms with van der Waals surface area (Å²) in [5.41, 5.74) is 1.09. The molecule has 0 radical (unpaired) electrons. The molecule has 0 saturated heterocycles. The van der Waals surface area contributed by atoms with E-state index in [1.165, 1.54) is 0 Å². The zero-order valence-corrected chi connectivity index (χ0v) is 12.0. The monoisotopic (exact) mass is 299 g/mol. The molecule has 94 valence electrons. The van der Waals surface area contributed by atoms with E-state index in [9.17, 15) is 4.79 Å². The van der Waals surface area contributed by atoms with Crippen molar-refractivity contribution in [2.24, 2.45) is 0 Å². The van der Waals surface area contributed by atoms with Gasteiger partial charge in [0, 0.05) is 10.5 Å². The molecule has 17 heavy (non-hydrogen) atoms. The van der Waals surface area contributed by atoms with Crippen LogP contribution in [0.4, 0.5) is 0 Å². The Labute approximate surface area is 111 Å². The Morgan fingerprint density at radius 1 is 1.53 bits per heavy atom. The summed E-state index contributed by atoms with van der Waals surface area (Å²) in [5.74, 6) is 0.630. The summed E-state index contributed by atoms with van der Waals surface area (Å²) in [6.07, 6.45) is 0.920. The molecule has 0 aliphatic carbocycles. The SMILES string of the molecule is CC[C@H](C)NC(=O)COc1ccc(Br)c(C)c1. The molecule has 1 amide bonds. The molecular weight excluding hydrogens is 282 g/mol. The van der Waals surface area contributed by atoms with Gasteiger partial charge in [-0.2, -0.15) is 0 Å². The van der Waals surface area contributed by atoms with Gasteiger partial charge in [-0.3, -0.25) is 4.79 Å². The summed E-state index contributed by atoms with van der Waals surface area (Å²) < 4.78 is 6.45. The second-order valence-corrected chi connectivity index (χ2v) is 4.93. The van der Waals surface area contributed by atoms with Crippen molar-refractivity contribution in [3.63, 3.8) is 0 Å². The Balaban J connectivity index is 2.45. The Kier molecular flexibility index (Phi) is 5.48. The van der Waals surface area contributed by atoms with E-state index in [-0.39, 0.29) is 18.6 Å². The molecule has 0 unspecified atom stereocenters. The van der Waals surface area contributed by atoms with Crippen LogP contribution in [0.25, 0.3) is 0 Å². The van der Waals surface area contributed by atoms with Gasteiger partial charge in [0.15, 0.2) is 6.61 Å². The van der Waals surface area contributed by atoms with E-state index >= 15 is 0 Å². The van der Waals surface area contributed by atoms with Crippen LogP contribution in [0.2, 0.25) is 0 Å². The van der Waals surface area contributed by atoms with E-state index < -0.39 is 0 Å². The van der Waals surface area contributed by atoms with E-state index in [1.54, 1.807) is 0 Å². The van der Waals surface area contributed by atoms with E-state index in [4.69, 9.17) is 4.74 Å². The third-order valence-electron chi connectivity index (χ3n) is 2.52. The van der Waals surface area contributed by atoms with E-state index in [0.717, 1.165) is 16.5 Å². The van der Waals surface area contributed by atoms with Crippen molar-refractivity contribution >= 4 is 21.8 Å². The number of nitrogens with one attached hydrogen (secondary N) is 1. The number of carbonyl (C=O) groups is 1. The van der Waals surface area contributed by atoms with Crippen molar-refractivity contribution in [1.82, 2.24) is 5.32 Å². The second-order valence-electron chi connectivity index (χ2n) is 4.08. The van der Waals surface area contributed by atoms with Gasteiger partial charge in [0.25, 0.3) is 5.91 Å². The van der Waals surface area contributed by atoms with E-state index in [1.807, 2.05) is 39.0 Å². The Hall–Kier alpha value is -1.03. The van der Waals surface area contributed by atoms with Crippen molar-refractivity contribution in [3.8, 4) is 5.75 Å². The minimum absolute atomic E-state index is 0.0609. The quantitative estimate of drug-likeness (QED) is 0.907. The Morgan fingerprint density at radius 2 is 2.24 bits per heavy atom. The zero-order chi connectivity index (χ0) is 12.8. The molecule has 1 aromatic rings. The van der Waals surface area contributed by atoms with Crippen molar-refractivity contribution < 1.29 is 9.53 Å². The molecular formula is C13H18BrNO2. The van der Waals surface area contributed by atoms with Gasteiger partial charge in [-0.1, -0.05) is 22.9 Å². The molecule has 1 aromatic carbocycles. The lowest BCUT2D eigenvalue weighted by molar-refractivity contribution is -0.123. The lowest BCUT2D eigenvalue weighted by atomic mass is 10.2. The van der Waals surface area contributed by atoms with Gasteiger partial charge in [0.05, 0.1) is 0 Å². The minimum Gasteiger partial charge on any atom is -0.484 e. The molecule has 3 nitrogen and oxygen atoms in total. The molecule has 4 heteroatoms. The van der Waals surface area contributed by atoms with Crippen molar-refractivity contribution in [2.75, 3.05) is 6.61 Å². The van der Waals surface area contributed by atoms with Crippen LogP contribution in [0.15, 0.2) is 22.7 Å². The maximum Gasteiger partial charge on any atom is 0.258 e. The fourth-order valence-corrected chi connectivity index (χ4v) is 1.52. The molecule has 1 N–H and O–H groups in total. The molecule has 0 aliphatic heterocycles. The predicted octanol–water partition coefficient (Wildman–Crippen LogP) is 3.05. The number of hydrogen-bond acceptors (Lipinski definition) is 2. The summed E-state index contributed by atoms with van der Waals surface area (Å²) in [6, 6.07) is 5.85. The van der Waals surface area contributed by atoms with Crippen LogP contribution in [-0.2, 0) is 4.79 Å². The molecule has 0 spiro atoms. The summed E-state index contributed by atoms with van der Waals surface area (Å²) in [6.45, 7) is 6.05. The fraction of sp³-hybridized carbons (Fsp3) is 0.462. The topological polar surface area (TPSA) is 38.3 Å². The number of hydrogen-bond donors (Lipinski definition) is 1. The van der Waals surface area contributed by atoms with Crippen LogP contribution in [0, 0.1) is 6.92 Å². The summed E-state index contributed by atoms with van der Waals surface area (Å²) in [4.78, 5) is 11.5. The lowest BCUT2D eigenvalue weighted by Gasteiger charge is -2.12. The second kappa shape index (κ2) is 6.64. The highest BCUT2D eigenvalue weighted by atomic mass is 79.9. The average Bonchev–Trinajstić information content (AvgIpc) is 2.30. The first-order chi connectivity index (χ1) is 8.02. The Morgan fingerprint density at radius 3 is 2.82 bits per heavy atom. The van der Waals surface area contributed by atoms with Crippen molar-refractivity contribution in [1.29, 1.82) is 0 Å². The highest BCUT2D eigenvalue weighted by Crippen LogP contribution is 2.21. The molecule has 0 aliphatic rings. The van der Waals surface area contributed by atoms with Gasteiger partial charge in [-0.05, 0) is 44.0 Å². The van der Waals surface area contributed by atoms with Gasteiger partial charge in [-0.15, -0.1) is 0 Å². The van der Waals surface area contributed by atoms with Crippen LogP contribution < -0.4 is 10.1 Å².